The zero-order chi connectivity index (χ0) is 18.5. The number of rotatable bonds is 5. The van der Waals surface area contributed by atoms with E-state index >= 15 is 0 Å². The van der Waals surface area contributed by atoms with Crippen molar-refractivity contribution >= 4 is 17.6 Å². The van der Waals surface area contributed by atoms with E-state index in [0.29, 0.717) is 23.6 Å². The standard InChI is InChI=1S/C20H27N5O/c1-4-15-6-5-7-16(10-15)23-19(26)11-22-20(21-3)24-18-13-25(12-14(18)2)17-8-9-17/h1,5-7,10,14,17-18H,8-9,11-13H2,2-3H3,(H,23,26)(H2,21,22,24). The second-order valence-corrected chi connectivity index (χ2v) is 7.11. The second-order valence-electron chi connectivity index (χ2n) is 7.11. The summed E-state index contributed by atoms with van der Waals surface area (Å²) in [5.74, 6) is 3.65. The first-order valence-corrected chi connectivity index (χ1v) is 9.17. The van der Waals surface area contributed by atoms with Crippen molar-refractivity contribution in [2.24, 2.45) is 10.9 Å². The van der Waals surface area contributed by atoms with Crippen LogP contribution in [-0.4, -0.2) is 55.5 Å². The Kier molecular flexibility index (Phi) is 5.79. The molecule has 26 heavy (non-hydrogen) atoms. The van der Waals surface area contributed by atoms with Crippen LogP contribution in [-0.2, 0) is 4.79 Å². The van der Waals surface area contributed by atoms with Gasteiger partial charge in [0, 0.05) is 43.5 Å². The zero-order valence-electron chi connectivity index (χ0n) is 15.5. The van der Waals surface area contributed by atoms with E-state index in [-0.39, 0.29) is 12.5 Å². The molecule has 6 nitrogen and oxygen atoms in total. The number of amides is 1. The van der Waals surface area contributed by atoms with Gasteiger partial charge < -0.3 is 16.0 Å². The Hall–Kier alpha value is -2.52. The largest absolute Gasteiger partial charge is 0.352 e. The van der Waals surface area contributed by atoms with Crippen molar-refractivity contribution in [1.82, 2.24) is 15.5 Å². The van der Waals surface area contributed by atoms with E-state index in [9.17, 15) is 4.79 Å². The Morgan fingerprint density at radius 3 is 2.88 bits per heavy atom. The van der Waals surface area contributed by atoms with Gasteiger partial charge in [-0.15, -0.1) is 6.42 Å². The summed E-state index contributed by atoms with van der Waals surface area (Å²) in [5, 5.41) is 9.39. The summed E-state index contributed by atoms with van der Waals surface area (Å²) >= 11 is 0. The van der Waals surface area contributed by atoms with Crippen LogP contribution in [0.4, 0.5) is 5.69 Å². The number of anilines is 1. The molecule has 3 N–H and O–H groups in total. The molecule has 1 aromatic carbocycles. The minimum atomic E-state index is -0.138. The Bertz CT molecular complexity index is 719. The average Bonchev–Trinajstić information content (AvgIpc) is 3.43. The van der Waals surface area contributed by atoms with Crippen LogP contribution in [0.25, 0.3) is 0 Å². The molecule has 138 valence electrons. The van der Waals surface area contributed by atoms with Crippen molar-refractivity contribution in [3.8, 4) is 12.3 Å². The van der Waals surface area contributed by atoms with E-state index in [0.717, 1.165) is 24.7 Å². The molecule has 1 aliphatic heterocycles. The molecular weight excluding hydrogens is 326 g/mol. The van der Waals surface area contributed by atoms with E-state index < -0.39 is 0 Å². The lowest BCUT2D eigenvalue weighted by Crippen LogP contribution is -2.48. The number of benzene rings is 1. The lowest BCUT2D eigenvalue weighted by Gasteiger charge is -2.20. The van der Waals surface area contributed by atoms with Gasteiger partial charge >= 0.3 is 0 Å². The van der Waals surface area contributed by atoms with Gasteiger partial charge in [0.2, 0.25) is 5.91 Å². The summed E-state index contributed by atoms with van der Waals surface area (Å²) in [5.41, 5.74) is 1.43. The SMILES string of the molecule is C#Cc1cccc(NC(=O)CNC(=NC)NC2CN(C3CC3)CC2C)c1. The molecule has 1 aliphatic carbocycles. The predicted molar refractivity (Wildman–Crippen MR) is 105 cm³/mol. The normalized spacial score (nSPS) is 23.3. The number of nitrogens with one attached hydrogen (secondary N) is 3. The molecule has 2 atom stereocenters. The molecule has 0 spiro atoms. The summed E-state index contributed by atoms with van der Waals surface area (Å²) in [7, 11) is 1.72. The highest BCUT2D eigenvalue weighted by molar-refractivity contribution is 5.95. The van der Waals surface area contributed by atoms with Crippen molar-refractivity contribution < 1.29 is 4.79 Å². The van der Waals surface area contributed by atoms with Crippen LogP contribution in [0.15, 0.2) is 29.3 Å². The third kappa shape index (κ3) is 4.77. The van der Waals surface area contributed by atoms with Crippen molar-refractivity contribution in [3.05, 3.63) is 29.8 Å². The molecule has 1 saturated carbocycles. The van der Waals surface area contributed by atoms with Gasteiger partial charge in [0.25, 0.3) is 0 Å². The summed E-state index contributed by atoms with van der Waals surface area (Å²) < 4.78 is 0. The van der Waals surface area contributed by atoms with Crippen LogP contribution in [0.5, 0.6) is 0 Å². The fourth-order valence-electron chi connectivity index (χ4n) is 3.36. The maximum atomic E-state index is 12.2. The van der Waals surface area contributed by atoms with Gasteiger partial charge in [-0.3, -0.25) is 14.7 Å². The number of carbonyl (C=O) groups excluding carboxylic acids is 1. The summed E-state index contributed by atoms with van der Waals surface area (Å²) in [6.07, 6.45) is 8.04. The molecule has 2 aliphatic rings. The first kappa shape index (κ1) is 18.3. The van der Waals surface area contributed by atoms with Crippen LogP contribution in [0, 0.1) is 18.3 Å². The molecule has 1 saturated heterocycles. The van der Waals surface area contributed by atoms with Crippen LogP contribution in [0.2, 0.25) is 0 Å². The van der Waals surface area contributed by atoms with Crippen LogP contribution in [0.1, 0.15) is 25.3 Å². The van der Waals surface area contributed by atoms with Crippen molar-refractivity contribution in [2.45, 2.75) is 31.8 Å². The van der Waals surface area contributed by atoms with Gasteiger partial charge in [0.1, 0.15) is 0 Å². The van der Waals surface area contributed by atoms with Crippen LogP contribution < -0.4 is 16.0 Å². The van der Waals surface area contributed by atoms with E-state index in [4.69, 9.17) is 6.42 Å². The van der Waals surface area contributed by atoms with Crippen LogP contribution >= 0.6 is 0 Å². The summed E-state index contributed by atoms with van der Waals surface area (Å²) in [6.45, 7) is 4.58. The van der Waals surface area contributed by atoms with Gasteiger partial charge in [0.05, 0.1) is 6.54 Å². The molecule has 1 aromatic rings. The molecule has 1 amide bonds. The summed E-state index contributed by atoms with van der Waals surface area (Å²) in [4.78, 5) is 19.0. The smallest absolute Gasteiger partial charge is 0.243 e. The Morgan fingerprint density at radius 2 is 2.19 bits per heavy atom. The third-order valence-electron chi connectivity index (χ3n) is 4.98. The highest BCUT2D eigenvalue weighted by Gasteiger charge is 2.38. The van der Waals surface area contributed by atoms with Crippen molar-refractivity contribution in [3.63, 3.8) is 0 Å². The van der Waals surface area contributed by atoms with Crippen molar-refractivity contribution in [2.75, 3.05) is 32.0 Å². The summed E-state index contributed by atoms with van der Waals surface area (Å²) in [6, 6.07) is 8.39. The van der Waals surface area contributed by atoms with Crippen LogP contribution in [0.3, 0.4) is 0 Å². The zero-order valence-corrected chi connectivity index (χ0v) is 15.5. The lowest BCUT2D eigenvalue weighted by molar-refractivity contribution is -0.115. The van der Waals surface area contributed by atoms with Gasteiger partial charge in [-0.25, -0.2) is 0 Å². The number of nitrogens with zero attached hydrogens (tertiary/aromatic N) is 2. The fraction of sp³-hybridized carbons (Fsp3) is 0.500. The molecule has 0 aromatic heterocycles. The first-order valence-electron chi connectivity index (χ1n) is 9.17. The molecule has 3 rings (SSSR count). The molecule has 2 fully saturated rings. The maximum absolute atomic E-state index is 12.2. The Morgan fingerprint density at radius 1 is 1.38 bits per heavy atom. The molecular formula is C20H27N5O. The number of hydrogen-bond acceptors (Lipinski definition) is 3. The van der Waals surface area contributed by atoms with Gasteiger partial charge in [0.15, 0.2) is 5.96 Å². The third-order valence-corrected chi connectivity index (χ3v) is 4.98. The lowest BCUT2D eigenvalue weighted by atomic mass is 10.1. The van der Waals surface area contributed by atoms with Gasteiger partial charge in [-0.1, -0.05) is 18.9 Å². The quantitative estimate of drug-likeness (QED) is 0.423. The second kappa shape index (κ2) is 8.24. The fourth-order valence-corrected chi connectivity index (χ4v) is 3.36. The molecule has 0 radical (unpaired) electrons. The minimum Gasteiger partial charge on any atom is -0.352 e. The van der Waals surface area contributed by atoms with E-state index in [1.807, 2.05) is 18.2 Å². The van der Waals surface area contributed by atoms with Gasteiger partial charge in [-0.2, -0.15) is 0 Å². The molecule has 2 unspecified atom stereocenters. The number of terminal acetylenes is 1. The van der Waals surface area contributed by atoms with Crippen molar-refractivity contribution in [1.29, 1.82) is 0 Å². The highest BCUT2D eigenvalue weighted by atomic mass is 16.1. The number of likely N-dealkylation sites (tertiary alicyclic amines) is 1. The molecule has 1 heterocycles. The predicted octanol–water partition coefficient (Wildman–Crippen LogP) is 1.25. The topological polar surface area (TPSA) is 68.8 Å². The Labute approximate surface area is 155 Å². The number of hydrogen-bond donors (Lipinski definition) is 3. The van der Waals surface area contributed by atoms with E-state index in [2.05, 4.69) is 38.7 Å². The Balaban J connectivity index is 1.46. The maximum Gasteiger partial charge on any atom is 0.243 e. The monoisotopic (exact) mass is 353 g/mol. The van der Waals surface area contributed by atoms with E-state index in [1.165, 1.54) is 12.8 Å². The highest BCUT2D eigenvalue weighted by Crippen LogP contribution is 2.31. The number of aliphatic imine (C=N–C) groups is 1. The average molecular weight is 353 g/mol. The van der Waals surface area contributed by atoms with E-state index in [1.54, 1.807) is 13.1 Å². The van der Waals surface area contributed by atoms with Gasteiger partial charge in [-0.05, 0) is 37.0 Å². The molecule has 6 heteroatoms. The minimum absolute atomic E-state index is 0.138. The number of carbonyl (C=O) groups is 1. The molecule has 0 bridgehead atoms. The number of guanidine groups is 1. The first-order chi connectivity index (χ1) is 12.6.